The summed E-state index contributed by atoms with van der Waals surface area (Å²) in [5.74, 6) is 1.14. The monoisotopic (exact) mass is 350 g/mol. The zero-order valence-corrected chi connectivity index (χ0v) is 14.4. The number of carbonyl (C=O) groups is 1. The summed E-state index contributed by atoms with van der Waals surface area (Å²) < 4.78 is 16.2. The molecule has 3 rings (SSSR count). The fourth-order valence-electron chi connectivity index (χ4n) is 2.45. The number of alkyl carbamates (subject to hydrolysis) is 1. The lowest BCUT2D eigenvalue weighted by atomic mass is 10.2. The number of aromatic nitrogens is 1. The van der Waals surface area contributed by atoms with Crippen LogP contribution in [0.2, 0.25) is 5.02 Å². The van der Waals surface area contributed by atoms with Crippen molar-refractivity contribution in [3.8, 4) is 11.5 Å². The first-order valence-corrected chi connectivity index (χ1v) is 8.15. The molecule has 0 aliphatic heterocycles. The molecule has 1 aromatic carbocycles. The number of benzene rings is 1. The molecule has 6 nitrogen and oxygen atoms in total. The smallest absolute Gasteiger partial charge is 0.407 e. The van der Waals surface area contributed by atoms with Gasteiger partial charge in [-0.3, -0.25) is 4.98 Å². The molecule has 1 aliphatic rings. The molecule has 1 amide bonds. The fourth-order valence-corrected chi connectivity index (χ4v) is 2.66. The number of nitrogens with one attached hydrogen (secondary N) is 1. The molecule has 1 saturated carbocycles. The molecule has 1 aromatic heterocycles. The van der Waals surface area contributed by atoms with Gasteiger partial charge in [0.25, 0.3) is 0 Å². The van der Waals surface area contributed by atoms with Crippen molar-refractivity contribution < 1.29 is 19.0 Å². The van der Waals surface area contributed by atoms with Crippen LogP contribution in [0.4, 0.5) is 4.79 Å². The molecule has 0 saturated heterocycles. The molecule has 2 aromatic rings. The normalized spacial score (nSPS) is 15.0. The van der Waals surface area contributed by atoms with E-state index in [1.807, 2.05) is 0 Å². The van der Waals surface area contributed by atoms with E-state index in [0.29, 0.717) is 29.7 Å². The molecule has 128 valence electrons. The number of hydrogen-bond acceptors (Lipinski definition) is 5. The quantitative estimate of drug-likeness (QED) is 0.862. The largest absolute Gasteiger partial charge is 0.493 e. The third-order valence-corrected chi connectivity index (χ3v) is 4.30. The molecule has 7 heteroatoms. The van der Waals surface area contributed by atoms with Gasteiger partial charge in [-0.25, -0.2) is 4.79 Å². The third-order valence-electron chi connectivity index (χ3n) is 3.97. The van der Waals surface area contributed by atoms with Crippen molar-refractivity contribution in [2.45, 2.75) is 25.3 Å². The summed E-state index contributed by atoms with van der Waals surface area (Å²) in [5, 5.41) is 4.26. The van der Waals surface area contributed by atoms with E-state index in [0.717, 1.165) is 23.7 Å². The Bertz CT molecular complexity index is 762. The molecule has 0 spiro atoms. The molecular formula is C17H19ClN2O4. The van der Waals surface area contributed by atoms with Crippen LogP contribution in [0.5, 0.6) is 11.5 Å². The van der Waals surface area contributed by atoms with E-state index in [4.69, 9.17) is 25.8 Å². The minimum atomic E-state index is -0.419. The SMILES string of the molecule is CCOC(=O)NC1(COc2cc3nccc(Cl)c3cc2OC)CC1. The average molecular weight is 351 g/mol. The summed E-state index contributed by atoms with van der Waals surface area (Å²) in [6.45, 7) is 2.45. The predicted molar refractivity (Wildman–Crippen MR) is 90.9 cm³/mol. The summed E-state index contributed by atoms with van der Waals surface area (Å²) in [6.07, 6.45) is 2.93. The van der Waals surface area contributed by atoms with Crippen LogP contribution in [0.3, 0.4) is 0 Å². The highest BCUT2D eigenvalue weighted by molar-refractivity contribution is 6.35. The summed E-state index contributed by atoms with van der Waals surface area (Å²) in [5.41, 5.74) is 0.357. The molecular weight excluding hydrogens is 332 g/mol. The van der Waals surface area contributed by atoms with E-state index in [1.54, 1.807) is 38.4 Å². The van der Waals surface area contributed by atoms with Crippen LogP contribution < -0.4 is 14.8 Å². The number of amides is 1. The second-order valence-corrected chi connectivity index (χ2v) is 6.13. The Morgan fingerprint density at radius 1 is 1.38 bits per heavy atom. The number of methoxy groups -OCH3 is 1. The van der Waals surface area contributed by atoms with Gasteiger partial charge >= 0.3 is 6.09 Å². The van der Waals surface area contributed by atoms with Crippen LogP contribution in [0, 0.1) is 0 Å². The first-order chi connectivity index (χ1) is 11.6. The zero-order chi connectivity index (χ0) is 17.2. The van der Waals surface area contributed by atoms with Crippen molar-refractivity contribution in [3.63, 3.8) is 0 Å². The Hall–Kier alpha value is -2.21. The van der Waals surface area contributed by atoms with Gasteiger partial charge in [-0.15, -0.1) is 0 Å². The summed E-state index contributed by atoms with van der Waals surface area (Å²) in [7, 11) is 1.57. The Labute approximate surface area is 145 Å². The van der Waals surface area contributed by atoms with Gasteiger partial charge in [-0.05, 0) is 31.9 Å². The van der Waals surface area contributed by atoms with Crippen LogP contribution in [0.15, 0.2) is 24.4 Å². The summed E-state index contributed by atoms with van der Waals surface area (Å²) in [4.78, 5) is 15.9. The molecule has 1 heterocycles. The van der Waals surface area contributed by atoms with Crippen LogP contribution in [-0.2, 0) is 4.74 Å². The van der Waals surface area contributed by atoms with E-state index in [-0.39, 0.29) is 5.54 Å². The van der Waals surface area contributed by atoms with E-state index >= 15 is 0 Å². The van der Waals surface area contributed by atoms with Crippen molar-refractivity contribution in [1.82, 2.24) is 10.3 Å². The number of halogens is 1. The number of carbonyl (C=O) groups excluding carboxylic acids is 1. The summed E-state index contributed by atoms with van der Waals surface area (Å²) in [6, 6.07) is 5.32. The van der Waals surface area contributed by atoms with Gasteiger partial charge < -0.3 is 19.5 Å². The van der Waals surface area contributed by atoms with Crippen LogP contribution in [-0.4, -0.2) is 36.9 Å². The maximum absolute atomic E-state index is 11.6. The number of nitrogens with zero attached hydrogens (tertiary/aromatic N) is 1. The lowest BCUT2D eigenvalue weighted by Gasteiger charge is -2.19. The molecule has 24 heavy (non-hydrogen) atoms. The van der Waals surface area contributed by atoms with Crippen molar-refractivity contribution in [3.05, 3.63) is 29.4 Å². The van der Waals surface area contributed by atoms with Gasteiger partial charge in [-0.1, -0.05) is 11.6 Å². The van der Waals surface area contributed by atoms with Gasteiger partial charge in [0.1, 0.15) is 6.61 Å². The van der Waals surface area contributed by atoms with Gasteiger partial charge in [0, 0.05) is 17.6 Å². The highest BCUT2D eigenvalue weighted by Crippen LogP contribution is 2.39. The molecule has 0 bridgehead atoms. The molecule has 1 N–H and O–H groups in total. The van der Waals surface area contributed by atoms with Crippen LogP contribution >= 0.6 is 11.6 Å². The predicted octanol–water partition coefficient (Wildman–Crippen LogP) is 3.55. The van der Waals surface area contributed by atoms with Gasteiger partial charge in [0.2, 0.25) is 0 Å². The molecule has 0 atom stereocenters. The Kier molecular flexibility index (Phi) is 4.66. The van der Waals surface area contributed by atoms with Crippen molar-refractivity contribution in [1.29, 1.82) is 0 Å². The lowest BCUT2D eigenvalue weighted by Crippen LogP contribution is -2.41. The van der Waals surface area contributed by atoms with E-state index in [2.05, 4.69) is 10.3 Å². The topological polar surface area (TPSA) is 69.7 Å². The minimum absolute atomic E-state index is 0.341. The van der Waals surface area contributed by atoms with E-state index < -0.39 is 6.09 Å². The number of pyridine rings is 1. The third kappa shape index (κ3) is 3.48. The average Bonchev–Trinajstić information content (AvgIpc) is 3.32. The Morgan fingerprint density at radius 2 is 2.17 bits per heavy atom. The summed E-state index contributed by atoms with van der Waals surface area (Å²) >= 11 is 6.19. The van der Waals surface area contributed by atoms with Crippen molar-refractivity contribution in [2.24, 2.45) is 0 Å². The Balaban J connectivity index is 1.76. The van der Waals surface area contributed by atoms with Crippen molar-refractivity contribution >= 4 is 28.6 Å². The van der Waals surface area contributed by atoms with Gasteiger partial charge in [0.15, 0.2) is 11.5 Å². The van der Waals surface area contributed by atoms with E-state index in [9.17, 15) is 4.79 Å². The number of fused-ring (bicyclic) bond motifs is 1. The van der Waals surface area contributed by atoms with E-state index in [1.165, 1.54) is 0 Å². The zero-order valence-electron chi connectivity index (χ0n) is 13.6. The fraction of sp³-hybridized carbons (Fsp3) is 0.412. The Morgan fingerprint density at radius 3 is 2.83 bits per heavy atom. The maximum atomic E-state index is 11.6. The molecule has 1 aliphatic carbocycles. The van der Waals surface area contributed by atoms with Crippen LogP contribution in [0.25, 0.3) is 10.9 Å². The standard InChI is InChI=1S/C17H19ClN2O4/c1-3-23-16(21)20-17(5-6-17)10-24-15-9-13-11(8-14(15)22-2)12(18)4-7-19-13/h4,7-9H,3,5-6,10H2,1-2H3,(H,20,21). The second kappa shape index (κ2) is 6.73. The lowest BCUT2D eigenvalue weighted by molar-refractivity contribution is 0.139. The second-order valence-electron chi connectivity index (χ2n) is 5.73. The maximum Gasteiger partial charge on any atom is 0.407 e. The van der Waals surface area contributed by atoms with Gasteiger partial charge in [0.05, 0.1) is 29.8 Å². The first-order valence-electron chi connectivity index (χ1n) is 7.77. The first kappa shape index (κ1) is 16.6. The van der Waals surface area contributed by atoms with Crippen molar-refractivity contribution in [2.75, 3.05) is 20.3 Å². The minimum Gasteiger partial charge on any atom is -0.493 e. The number of hydrogen-bond donors (Lipinski definition) is 1. The highest BCUT2D eigenvalue weighted by Gasteiger charge is 2.45. The molecule has 0 unspecified atom stereocenters. The van der Waals surface area contributed by atoms with Crippen LogP contribution in [0.1, 0.15) is 19.8 Å². The number of ether oxygens (including phenoxy) is 3. The van der Waals surface area contributed by atoms with Gasteiger partial charge in [-0.2, -0.15) is 0 Å². The molecule has 1 fully saturated rings. The number of rotatable bonds is 6. The molecule has 0 radical (unpaired) electrons. The highest BCUT2D eigenvalue weighted by atomic mass is 35.5.